The molecular weight excluding hydrogens is 328 g/mol. The molecule has 1 atom stereocenters. The molecule has 1 aromatic heterocycles. The van der Waals surface area contributed by atoms with Gasteiger partial charge in [0.05, 0.1) is 12.8 Å². The lowest BCUT2D eigenvalue weighted by molar-refractivity contribution is 0.0437. The minimum atomic E-state index is -1.13. The molecule has 0 aliphatic heterocycles. The Labute approximate surface area is 155 Å². The van der Waals surface area contributed by atoms with Crippen LogP contribution in [-0.2, 0) is 5.60 Å². The number of guanidine groups is 1. The van der Waals surface area contributed by atoms with Crippen molar-refractivity contribution < 1.29 is 9.52 Å². The first-order valence-electron chi connectivity index (χ1n) is 9.07. The summed E-state index contributed by atoms with van der Waals surface area (Å²) in [7, 11) is 2.09. The zero-order valence-corrected chi connectivity index (χ0v) is 15.9. The second kappa shape index (κ2) is 9.87. The van der Waals surface area contributed by atoms with Crippen molar-refractivity contribution in [3.63, 3.8) is 0 Å². The van der Waals surface area contributed by atoms with Gasteiger partial charge in [0.1, 0.15) is 11.4 Å². The van der Waals surface area contributed by atoms with Gasteiger partial charge in [-0.05, 0) is 44.5 Å². The van der Waals surface area contributed by atoms with Crippen molar-refractivity contribution in [2.24, 2.45) is 4.99 Å². The van der Waals surface area contributed by atoms with Crippen LogP contribution >= 0.6 is 0 Å². The van der Waals surface area contributed by atoms with E-state index in [0.29, 0.717) is 11.7 Å². The van der Waals surface area contributed by atoms with Gasteiger partial charge in [-0.25, -0.2) is 4.99 Å². The van der Waals surface area contributed by atoms with Gasteiger partial charge >= 0.3 is 0 Å². The molecule has 3 N–H and O–H groups in total. The molecule has 0 radical (unpaired) electrons. The molecule has 1 heterocycles. The van der Waals surface area contributed by atoms with E-state index >= 15 is 0 Å². The third kappa shape index (κ3) is 6.11. The van der Waals surface area contributed by atoms with Gasteiger partial charge < -0.3 is 25.1 Å². The molecule has 0 amide bonds. The van der Waals surface area contributed by atoms with Crippen molar-refractivity contribution in [1.29, 1.82) is 0 Å². The van der Waals surface area contributed by atoms with E-state index in [9.17, 15) is 5.11 Å². The molecule has 6 heteroatoms. The number of nitrogens with one attached hydrogen (secondary N) is 2. The Balaban J connectivity index is 1.80. The summed E-state index contributed by atoms with van der Waals surface area (Å²) >= 11 is 0. The lowest BCUT2D eigenvalue weighted by Crippen LogP contribution is -2.40. The van der Waals surface area contributed by atoms with Gasteiger partial charge in [-0.1, -0.05) is 18.2 Å². The standard InChI is InChI=1S/C20H30N4O2/c1-4-21-19(23-16-20(2,25)18-12-8-15-26-18)22-13-9-14-24(3)17-10-6-5-7-11-17/h5-8,10-12,15,25H,4,9,13-14,16H2,1-3H3,(H2,21,22,23). The first-order chi connectivity index (χ1) is 12.5. The van der Waals surface area contributed by atoms with Crippen molar-refractivity contribution in [2.45, 2.75) is 25.9 Å². The Kier molecular flexibility index (Phi) is 7.53. The van der Waals surface area contributed by atoms with E-state index in [1.165, 1.54) is 5.69 Å². The molecule has 0 aliphatic rings. The molecule has 2 aromatic rings. The summed E-state index contributed by atoms with van der Waals surface area (Å²) in [5, 5.41) is 17.0. The monoisotopic (exact) mass is 358 g/mol. The average Bonchev–Trinajstić information content (AvgIpc) is 3.19. The van der Waals surface area contributed by atoms with Crippen LogP contribution < -0.4 is 15.5 Å². The van der Waals surface area contributed by atoms with Crippen molar-refractivity contribution in [3.05, 3.63) is 54.5 Å². The highest BCUT2D eigenvalue weighted by atomic mass is 16.4. The summed E-state index contributed by atoms with van der Waals surface area (Å²) in [5.74, 6) is 1.21. The highest BCUT2D eigenvalue weighted by Crippen LogP contribution is 2.21. The van der Waals surface area contributed by atoms with E-state index in [0.717, 1.165) is 26.1 Å². The average molecular weight is 358 g/mol. The Morgan fingerprint density at radius 3 is 2.62 bits per heavy atom. The summed E-state index contributed by atoms with van der Waals surface area (Å²) in [6, 6.07) is 13.9. The zero-order chi connectivity index (χ0) is 18.8. The summed E-state index contributed by atoms with van der Waals surface area (Å²) < 4.78 is 5.29. The van der Waals surface area contributed by atoms with Crippen LogP contribution in [0.25, 0.3) is 0 Å². The lowest BCUT2D eigenvalue weighted by Gasteiger charge is -2.21. The van der Waals surface area contributed by atoms with Crippen LogP contribution in [0.1, 0.15) is 26.0 Å². The van der Waals surface area contributed by atoms with Gasteiger partial charge in [-0.15, -0.1) is 0 Å². The zero-order valence-electron chi connectivity index (χ0n) is 15.9. The van der Waals surface area contributed by atoms with E-state index in [1.54, 1.807) is 25.3 Å². The summed E-state index contributed by atoms with van der Waals surface area (Å²) in [6.07, 6.45) is 2.53. The molecule has 142 valence electrons. The molecule has 0 saturated carbocycles. The number of nitrogens with zero attached hydrogens (tertiary/aromatic N) is 2. The van der Waals surface area contributed by atoms with Gasteiger partial charge in [0.2, 0.25) is 0 Å². The number of rotatable bonds is 9. The van der Waals surface area contributed by atoms with Gasteiger partial charge in [0, 0.05) is 32.4 Å². The van der Waals surface area contributed by atoms with E-state index in [4.69, 9.17) is 4.42 Å². The molecule has 0 aliphatic carbocycles. The Morgan fingerprint density at radius 2 is 1.96 bits per heavy atom. The van der Waals surface area contributed by atoms with E-state index in [1.807, 2.05) is 25.1 Å². The maximum absolute atomic E-state index is 10.5. The normalized spacial score (nSPS) is 13.9. The van der Waals surface area contributed by atoms with Crippen LogP contribution in [0.4, 0.5) is 5.69 Å². The maximum atomic E-state index is 10.5. The number of anilines is 1. The third-order valence-electron chi connectivity index (χ3n) is 4.10. The predicted octanol–water partition coefficient (Wildman–Crippen LogP) is 2.57. The lowest BCUT2D eigenvalue weighted by atomic mass is 10.0. The maximum Gasteiger partial charge on any atom is 0.191 e. The second-order valence-corrected chi connectivity index (χ2v) is 6.48. The fourth-order valence-electron chi connectivity index (χ4n) is 2.57. The number of hydrogen-bond donors (Lipinski definition) is 3. The van der Waals surface area contributed by atoms with Gasteiger partial charge in [0.25, 0.3) is 0 Å². The Hall–Kier alpha value is -2.47. The number of aliphatic imine (C=N–C) groups is 1. The fourth-order valence-corrected chi connectivity index (χ4v) is 2.57. The highest BCUT2D eigenvalue weighted by Gasteiger charge is 2.26. The van der Waals surface area contributed by atoms with Gasteiger partial charge in [0.15, 0.2) is 5.96 Å². The number of aliphatic hydroxyl groups is 1. The summed E-state index contributed by atoms with van der Waals surface area (Å²) in [6.45, 7) is 6.45. The minimum Gasteiger partial charge on any atom is -0.466 e. The predicted molar refractivity (Wildman–Crippen MR) is 107 cm³/mol. The van der Waals surface area contributed by atoms with Crippen molar-refractivity contribution in [1.82, 2.24) is 10.6 Å². The molecule has 0 saturated heterocycles. The van der Waals surface area contributed by atoms with Crippen molar-refractivity contribution in [2.75, 3.05) is 38.1 Å². The van der Waals surface area contributed by atoms with Crippen LogP contribution in [-0.4, -0.2) is 44.3 Å². The van der Waals surface area contributed by atoms with Crippen LogP contribution in [0, 0.1) is 0 Å². The van der Waals surface area contributed by atoms with Crippen LogP contribution in [0.3, 0.4) is 0 Å². The molecule has 1 unspecified atom stereocenters. The third-order valence-corrected chi connectivity index (χ3v) is 4.10. The van der Waals surface area contributed by atoms with E-state index < -0.39 is 5.60 Å². The smallest absolute Gasteiger partial charge is 0.191 e. The SMILES string of the molecule is CCNC(=NCC(C)(O)c1ccco1)NCCCN(C)c1ccccc1. The molecule has 0 bridgehead atoms. The fraction of sp³-hybridized carbons (Fsp3) is 0.450. The number of hydrogen-bond acceptors (Lipinski definition) is 4. The first kappa shape index (κ1) is 19.8. The first-order valence-corrected chi connectivity index (χ1v) is 9.07. The molecule has 26 heavy (non-hydrogen) atoms. The second-order valence-electron chi connectivity index (χ2n) is 6.48. The summed E-state index contributed by atoms with van der Waals surface area (Å²) in [4.78, 5) is 6.72. The van der Waals surface area contributed by atoms with Crippen LogP contribution in [0.15, 0.2) is 58.1 Å². The Morgan fingerprint density at radius 1 is 1.19 bits per heavy atom. The molecule has 0 spiro atoms. The number of furan rings is 1. The summed E-state index contributed by atoms with van der Waals surface area (Å²) in [5.41, 5.74) is 0.0851. The van der Waals surface area contributed by atoms with E-state index in [2.05, 4.69) is 39.7 Å². The minimum absolute atomic E-state index is 0.222. The number of para-hydroxylation sites is 1. The van der Waals surface area contributed by atoms with E-state index in [-0.39, 0.29) is 6.54 Å². The van der Waals surface area contributed by atoms with Gasteiger partial charge in [-0.2, -0.15) is 0 Å². The topological polar surface area (TPSA) is 73.0 Å². The largest absolute Gasteiger partial charge is 0.466 e. The quantitative estimate of drug-likeness (QED) is 0.365. The molecule has 2 rings (SSSR count). The van der Waals surface area contributed by atoms with Gasteiger partial charge in [-0.3, -0.25) is 0 Å². The molecule has 1 aromatic carbocycles. The highest BCUT2D eigenvalue weighted by molar-refractivity contribution is 5.79. The van der Waals surface area contributed by atoms with Crippen LogP contribution in [0.5, 0.6) is 0 Å². The van der Waals surface area contributed by atoms with Crippen molar-refractivity contribution >= 4 is 11.6 Å². The van der Waals surface area contributed by atoms with Crippen LogP contribution in [0.2, 0.25) is 0 Å². The Bertz CT molecular complexity index is 654. The molecule has 0 fully saturated rings. The molecular formula is C20H30N4O2. The van der Waals surface area contributed by atoms with Crippen molar-refractivity contribution in [3.8, 4) is 0 Å². The molecule has 6 nitrogen and oxygen atoms in total. The number of benzene rings is 1.